The number of nitrogens with zero attached hydrogens (tertiary/aromatic N) is 2. The minimum atomic E-state index is -0.0159. The number of thioether (sulfide) groups is 1. The number of carbonyl (C=O) groups is 1. The molecule has 2 heterocycles. The van der Waals surface area contributed by atoms with Crippen molar-refractivity contribution in [3.8, 4) is 0 Å². The van der Waals surface area contributed by atoms with Gasteiger partial charge in [-0.1, -0.05) is 24.0 Å². The van der Waals surface area contributed by atoms with Crippen molar-refractivity contribution in [1.82, 2.24) is 9.80 Å². The summed E-state index contributed by atoms with van der Waals surface area (Å²) in [6.45, 7) is 3.37. The first-order chi connectivity index (χ1) is 11.2. The summed E-state index contributed by atoms with van der Waals surface area (Å²) >= 11 is 7.58. The van der Waals surface area contributed by atoms with E-state index in [4.69, 9.17) is 12.2 Å². The Kier molecular flexibility index (Phi) is 10.8. The Morgan fingerprint density at radius 3 is 2.62 bits per heavy atom. The van der Waals surface area contributed by atoms with Gasteiger partial charge in [-0.2, -0.15) is 4.33 Å². The Bertz CT molecular complexity index is 538. The maximum absolute atomic E-state index is 12.3. The quantitative estimate of drug-likeness (QED) is 0.0997. The molecule has 0 aromatic heterocycles. The van der Waals surface area contributed by atoms with Crippen LogP contribution in [0, 0.1) is 0 Å². The minimum absolute atomic E-state index is 0. The van der Waals surface area contributed by atoms with Crippen LogP contribution in [0.1, 0.15) is 19.8 Å². The zero-order valence-electron chi connectivity index (χ0n) is 13.6. The van der Waals surface area contributed by atoms with Crippen LogP contribution in [0.15, 0.2) is 35.0 Å². The van der Waals surface area contributed by atoms with Gasteiger partial charge in [0.2, 0.25) is 0 Å². The first-order valence-electron chi connectivity index (χ1n) is 7.15. The summed E-state index contributed by atoms with van der Waals surface area (Å²) in [6.07, 6.45) is 9.65. The second-order valence-electron chi connectivity index (χ2n) is 4.74. The summed E-state index contributed by atoms with van der Waals surface area (Å²) < 4.78 is 4.81. The molecule has 6 nitrogen and oxygen atoms in total. The van der Waals surface area contributed by atoms with Crippen molar-refractivity contribution in [3.05, 3.63) is 35.0 Å². The Labute approximate surface area is 177 Å². The number of hydrogen-bond donors (Lipinski definition) is 0. The fourth-order valence-corrected chi connectivity index (χ4v) is 3.95. The van der Waals surface area contributed by atoms with Crippen LogP contribution in [-0.4, -0.2) is 38.9 Å². The van der Waals surface area contributed by atoms with Gasteiger partial charge in [0.05, 0.1) is 4.91 Å². The molecule has 0 aliphatic carbocycles. The van der Waals surface area contributed by atoms with Crippen LogP contribution in [-0.2, 0) is 14.2 Å². The van der Waals surface area contributed by atoms with Gasteiger partial charge in [0, 0.05) is 43.3 Å². The summed E-state index contributed by atoms with van der Waals surface area (Å²) in [5, 5.41) is 12.9. The smallest absolute Gasteiger partial charge is 0.691 e. The number of allylic oxidation sites excluding steroid dienone is 3. The molecule has 0 spiro atoms. The molecule has 0 saturated carbocycles. The molecular weight excluding hydrogens is 379 g/mol. The van der Waals surface area contributed by atoms with Crippen LogP contribution in [0.4, 0.5) is 0 Å². The van der Waals surface area contributed by atoms with Crippen molar-refractivity contribution >= 4 is 46.3 Å². The number of amides is 1. The summed E-state index contributed by atoms with van der Waals surface area (Å²) in [5.74, 6) is 0.687. The standard InChI is InChI=1S/C14H18N2O4S3.Na/c1-2-16-13(17)12(23-14(16)21)11-5-8-15(9-6-11)7-3-4-10-22-20-19-18;/h5-6,8-9,18H,2-4,7,10H2,1H3;/q;+1/p-1. The molecule has 0 unspecified atom stereocenters. The molecule has 126 valence electrons. The van der Waals surface area contributed by atoms with Gasteiger partial charge in [-0.05, 0) is 37.5 Å². The fraction of sp³-hybridized carbons (Fsp3) is 0.429. The molecule has 24 heavy (non-hydrogen) atoms. The van der Waals surface area contributed by atoms with E-state index < -0.39 is 0 Å². The molecule has 0 aromatic carbocycles. The average molecular weight is 396 g/mol. The number of thiocarbonyl (C=S) groups is 1. The number of rotatable bonds is 8. The number of hydrogen-bond acceptors (Lipinski definition) is 8. The molecule has 0 bridgehead atoms. The molecule has 0 N–H and O–H groups in total. The van der Waals surface area contributed by atoms with E-state index in [9.17, 15) is 10.1 Å². The third kappa shape index (κ3) is 6.15. The second kappa shape index (κ2) is 11.7. The molecule has 10 heteroatoms. The van der Waals surface area contributed by atoms with Crippen LogP contribution in [0.25, 0.3) is 0 Å². The van der Waals surface area contributed by atoms with E-state index in [1.165, 1.54) is 11.8 Å². The normalized spacial score (nSPS) is 17.1. The molecule has 0 atom stereocenters. The zero-order valence-corrected chi connectivity index (χ0v) is 18.0. The molecule has 1 amide bonds. The second-order valence-corrected chi connectivity index (χ2v) is 7.16. The van der Waals surface area contributed by atoms with Gasteiger partial charge >= 0.3 is 29.6 Å². The Balaban J connectivity index is 0.00000288. The van der Waals surface area contributed by atoms with Gasteiger partial charge in [0.15, 0.2) is 0 Å². The first kappa shape index (κ1) is 22.2. The van der Waals surface area contributed by atoms with E-state index in [0.717, 1.165) is 37.0 Å². The van der Waals surface area contributed by atoms with Crippen molar-refractivity contribution in [2.45, 2.75) is 19.8 Å². The first-order valence-corrected chi connectivity index (χ1v) is 9.29. The van der Waals surface area contributed by atoms with Gasteiger partial charge in [-0.15, -0.1) is 0 Å². The summed E-state index contributed by atoms with van der Waals surface area (Å²) in [6, 6.07) is 0. The molecule has 1 fully saturated rings. The average Bonchev–Trinajstić information content (AvgIpc) is 2.85. The van der Waals surface area contributed by atoms with Gasteiger partial charge in [0.25, 0.3) is 5.91 Å². The third-order valence-electron chi connectivity index (χ3n) is 3.29. The molecule has 2 aliphatic heterocycles. The van der Waals surface area contributed by atoms with E-state index in [1.54, 1.807) is 4.90 Å². The maximum Gasteiger partial charge on any atom is 1.00 e. The molecule has 2 aliphatic rings. The van der Waals surface area contributed by atoms with Crippen molar-refractivity contribution in [3.63, 3.8) is 0 Å². The Hall–Kier alpha value is 0.160. The summed E-state index contributed by atoms with van der Waals surface area (Å²) in [7, 11) is 0. The molecular formula is C14H17N2NaO4S3. The van der Waals surface area contributed by atoms with Gasteiger partial charge in [-0.3, -0.25) is 14.7 Å². The summed E-state index contributed by atoms with van der Waals surface area (Å²) in [4.78, 5) is 16.6. The van der Waals surface area contributed by atoms with Gasteiger partial charge in [0.1, 0.15) is 4.32 Å². The van der Waals surface area contributed by atoms with Crippen molar-refractivity contribution < 1.29 is 49.0 Å². The topological polar surface area (TPSA) is 65.1 Å². The predicted octanol–water partition coefficient (Wildman–Crippen LogP) is -0.880. The molecule has 1 saturated heterocycles. The number of carbonyl (C=O) groups excluding carboxylic acids is 1. The van der Waals surface area contributed by atoms with Crippen molar-refractivity contribution in [2.24, 2.45) is 0 Å². The van der Waals surface area contributed by atoms with Crippen LogP contribution >= 0.6 is 36.0 Å². The maximum atomic E-state index is 12.3. The third-order valence-corrected chi connectivity index (χ3v) is 5.38. The van der Waals surface area contributed by atoms with E-state index >= 15 is 0 Å². The van der Waals surface area contributed by atoms with Gasteiger partial charge in [-0.25, -0.2) is 0 Å². The van der Waals surface area contributed by atoms with Crippen molar-refractivity contribution in [2.75, 3.05) is 18.8 Å². The molecule has 0 radical (unpaired) electrons. The number of likely N-dealkylation sites (N-methyl/N-ethyl adjacent to an activating group) is 1. The van der Waals surface area contributed by atoms with Gasteiger partial charge < -0.3 is 10.2 Å². The predicted molar refractivity (Wildman–Crippen MR) is 93.5 cm³/mol. The molecule has 0 aromatic rings. The largest absolute Gasteiger partial charge is 1.00 e. The minimum Gasteiger partial charge on any atom is -0.691 e. The Morgan fingerprint density at radius 2 is 2.04 bits per heavy atom. The molecule has 2 rings (SSSR count). The monoisotopic (exact) mass is 396 g/mol. The van der Waals surface area contributed by atoms with E-state index in [2.05, 4.69) is 14.3 Å². The fourth-order valence-electron chi connectivity index (χ4n) is 2.11. The van der Waals surface area contributed by atoms with Crippen LogP contribution in [0.5, 0.6) is 0 Å². The summed E-state index contributed by atoms with van der Waals surface area (Å²) in [5.41, 5.74) is 0.895. The Morgan fingerprint density at radius 1 is 1.33 bits per heavy atom. The van der Waals surface area contributed by atoms with Crippen LogP contribution in [0.3, 0.4) is 0 Å². The van der Waals surface area contributed by atoms with Crippen LogP contribution < -0.4 is 34.8 Å². The number of unbranched alkanes of at least 4 members (excludes halogenated alkanes) is 1. The van der Waals surface area contributed by atoms with Crippen molar-refractivity contribution in [1.29, 1.82) is 0 Å². The van der Waals surface area contributed by atoms with E-state index in [0.29, 0.717) is 21.5 Å². The SMILES string of the molecule is CCN1C(=O)C(=C2C=CN(CCCCSOO[O-])C=C2)SC1=S.[Na+]. The van der Waals surface area contributed by atoms with E-state index in [-0.39, 0.29) is 35.5 Å². The van der Waals surface area contributed by atoms with Crippen LogP contribution in [0.2, 0.25) is 0 Å². The van der Waals surface area contributed by atoms with E-state index in [1.807, 2.05) is 31.5 Å². The zero-order chi connectivity index (χ0) is 16.7.